The Morgan fingerprint density at radius 2 is 2.29 bits per heavy atom. The smallest absolute Gasteiger partial charge is 0.326 e. The second kappa shape index (κ2) is 6.86. The number of ether oxygens (including phenoxy) is 1. The lowest BCUT2D eigenvalue weighted by atomic mass is 10.0. The van der Waals surface area contributed by atoms with Gasteiger partial charge in [-0.1, -0.05) is 6.92 Å². The number of nitrogens with one attached hydrogen (secondary N) is 1. The molecule has 0 saturated carbocycles. The number of rotatable bonds is 6. The molecule has 0 aromatic carbocycles. The van der Waals surface area contributed by atoms with Gasteiger partial charge in [0.05, 0.1) is 0 Å². The summed E-state index contributed by atoms with van der Waals surface area (Å²) in [4.78, 5) is 22.8. The van der Waals surface area contributed by atoms with E-state index in [0.717, 1.165) is 6.42 Å². The van der Waals surface area contributed by atoms with Gasteiger partial charge in [-0.05, 0) is 30.8 Å². The Morgan fingerprint density at radius 3 is 2.76 bits per heavy atom. The Morgan fingerprint density at radius 1 is 1.59 bits per heavy atom. The Kier molecular flexibility index (Phi) is 5.77. The summed E-state index contributed by atoms with van der Waals surface area (Å²) < 4.78 is 5.30. The van der Waals surface area contributed by atoms with Crippen LogP contribution >= 0.6 is 11.8 Å². The maximum absolute atomic E-state index is 11.8. The predicted molar refractivity (Wildman–Crippen MR) is 66.1 cm³/mol. The van der Waals surface area contributed by atoms with Crippen molar-refractivity contribution in [3.8, 4) is 0 Å². The summed E-state index contributed by atoms with van der Waals surface area (Å²) in [6.45, 7) is 2.51. The van der Waals surface area contributed by atoms with Crippen LogP contribution in [-0.4, -0.2) is 47.7 Å². The van der Waals surface area contributed by atoms with Gasteiger partial charge in [0.25, 0.3) is 0 Å². The van der Waals surface area contributed by atoms with E-state index in [1.54, 1.807) is 11.8 Å². The molecule has 1 aliphatic heterocycles. The molecular weight excluding hydrogens is 242 g/mol. The third-order valence-electron chi connectivity index (χ3n) is 2.87. The molecule has 0 aromatic rings. The molecule has 0 aliphatic carbocycles. The molecule has 2 N–H and O–H groups in total. The largest absolute Gasteiger partial charge is 0.480 e. The van der Waals surface area contributed by atoms with Crippen LogP contribution in [0.1, 0.15) is 19.8 Å². The van der Waals surface area contributed by atoms with E-state index >= 15 is 0 Å². The van der Waals surface area contributed by atoms with Crippen LogP contribution in [0.2, 0.25) is 0 Å². The number of hydrogen-bond donors (Lipinski definition) is 2. The number of carboxylic acids is 1. The fourth-order valence-corrected chi connectivity index (χ4v) is 2.25. The zero-order valence-electron chi connectivity index (χ0n) is 10.1. The van der Waals surface area contributed by atoms with Crippen LogP contribution < -0.4 is 5.32 Å². The lowest BCUT2D eigenvalue weighted by Crippen LogP contribution is -2.47. The van der Waals surface area contributed by atoms with E-state index in [2.05, 4.69) is 5.32 Å². The monoisotopic (exact) mass is 261 g/mol. The number of amides is 1. The van der Waals surface area contributed by atoms with Crippen molar-refractivity contribution in [3.63, 3.8) is 0 Å². The van der Waals surface area contributed by atoms with Gasteiger partial charge in [-0.15, -0.1) is 0 Å². The minimum absolute atomic E-state index is 0.157. The number of hydrogen-bond acceptors (Lipinski definition) is 4. The Labute approximate surface area is 105 Å². The van der Waals surface area contributed by atoms with Gasteiger partial charge in [-0.25, -0.2) is 4.79 Å². The SMILES string of the molecule is CSCC[C@H](NC(=O)C1OCCC1C)C(=O)O. The first-order valence-corrected chi connectivity index (χ1v) is 7.09. The Balaban J connectivity index is 2.48. The van der Waals surface area contributed by atoms with Crippen molar-refractivity contribution >= 4 is 23.6 Å². The van der Waals surface area contributed by atoms with Crippen molar-refractivity contribution < 1.29 is 19.4 Å². The van der Waals surface area contributed by atoms with Crippen molar-refractivity contribution in [2.45, 2.75) is 31.9 Å². The maximum Gasteiger partial charge on any atom is 0.326 e. The van der Waals surface area contributed by atoms with Gasteiger partial charge in [0.15, 0.2) is 0 Å². The van der Waals surface area contributed by atoms with Gasteiger partial charge in [0.1, 0.15) is 12.1 Å². The normalized spacial score (nSPS) is 25.5. The Bertz CT molecular complexity index is 285. The predicted octanol–water partition coefficient (Wildman–Crippen LogP) is 0.734. The molecule has 0 radical (unpaired) electrons. The average molecular weight is 261 g/mol. The molecule has 0 aromatic heterocycles. The second-order valence-electron chi connectivity index (χ2n) is 4.24. The molecule has 0 spiro atoms. The summed E-state index contributed by atoms with van der Waals surface area (Å²) in [7, 11) is 0. The van der Waals surface area contributed by atoms with E-state index in [9.17, 15) is 9.59 Å². The zero-order chi connectivity index (χ0) is 12.8. The molecule has 2 unspecified atom stereocenters. The topological polar surface area (TPSA) is 75.6 Å². The fraction of sp³-hybridized carbons (Fsp3) is 0.818. The first kappa shape index (κ1) is 14.3. The van der Waals surface area contributed by atoms with Crippen molar-refractivity contribution in [1.82, 2.24) is 5.32 Å². The van der Waals surface area contributed by atoms with E-state index in [4.69, 9.17) is 9.84 Å². The summed E-state index contributed by atoms with van der Waals surface area (Å²) >= 11 is 1.56. The first-order valence-electron chi connectivity index (χ1n) is 5.70. The maximum atomic E-state index is 11.8. The summed E-state index contributed by atoms with van der Waals surface area (Å²) in [5.41, 5.74) is 0. The highest BCUT2D eigenvalue weighted by atomic mass is 32.2. The molecule has 1 fully saturated rings. The lowest BCUT2D eigenvalue weighted by Gasteiger charge is -2.18. The van der Waals surface area contributed by atoms with E-state index in [1.807, 2.05) is 13.2 Å². The standard InChI is InChI=1S/C11H19NO4S/c1-7-3-5-16-9(7)10(13)12-8(11(14)15)4-6-17-2/h7-9H,3-6H2,1-2H3,(H,12,13)(H,14,15)/t7?,8-,9?/m0/s1. The molecule has 3 atom stereocenters. The van der Waals surface area contributed by atoms with Crippen LogP contribution in [0, 0.1) is 5.92 Å². The molecule has 1 saturated heterocycles. The quantitative estimate of drug-likeness (QED) is 0.737. The van der Waals surface area contributed by atoms with Crippen molar-refractivity contribution in [1.29, 1.82) is 0 Å². The van der Waals surface area contributed by atoms with Gasteiger partial charge in [-0.3, -0.25) is 4.79 Å². The first-order chi connectivity index (χ1) is 8.06. The highest BCUT2D eigenvalue weighted by Gasteiger charge is 2.33. The highest BCUT2D eigenvalue weighted by Crippen LogP contribution is 2.20. The Hall–Kier alpha value is -0.750. The average Bonchev–Trinajstić information content (AvgIpc) is 2.70. The minimum atomic E-state index is -0.988. The summed E-state index contributed by atoms with van der Waals surface area (Å²) in [5, 5.41) is 11.5. The summed E-state index contributed by atoms with van der Waals surface area (Å²) in [6.07, 6.45) is 2.69. The third kappa shape index (κ3) is 4.20. The molecular formula is C11H19NO4S. The molecule has 6 heteroatoms. The van der Waals surface area contributed by atoms with E-state index < -0.39 is 18.1 Å². The van der Waals surface area contributed by atoms with Gasteiger partial charge in [-0.2, -0.15) is 11.8 Å². The van der Waals surface area contributed by atoms with Gasteiger partial charge in [0, 0.05) is 6.61 Å². The summed E-state index contributed by atoms with van der Waals surface area (Å²) in [6, 6.07) is -0.814. The molecule has 1 aliphatic rings. The summed E-state index contributed by atoms with van der Waals surface area (Å²) in [5.74, 6) is -0.426. The molecule has 0 bridgehead atoms. The minimum Gasteiger partial charge on any atom is -0.480 e. The molecule has 5 nitrogen and oxygen atoms in total. The number of carboxylic acid groups (broad SMARTS) is 1. The molecule has 1 rings (SSSR count). The molecule has 17 heavy (non-hydrogen) atoms. The van der Waals surface area contributed by atoms with Crippen LogP contribution in [0.25, 0.3) is 0 Å². The van der Waals surface area contributed by atoms with Crippen LogP contribution in [0.4, 0.5) is 0 Å². The van der Waals surface area contributed by atoms with Gasteiger partial charge < -0.3 is 15.2 Å². The number of aliphatic carboxylic acids is 1. The van der Waals surface area contributed by atoms with E-state index in [-0.39, 0.29) is 11.8 Å². The van der Waals surface area contributed by atoms with Gasteiger partial charge in [0.2, 0.25) is 5.91 Å². The lowest BCUT2D eigenvalue weighted by molar-refractivity contribution is -0.144. The van der Waals surface area contributed by atoms with Crippen molar-refractivity contribution in [2.24, 2.45) is 5.92 Å². The number of carbonyl (C=O) groups excluding carboxylic acids is 1. The number of thioether (sulfide) groups is 1. The van der Waals surface area contributed by atoms with E-state index in [0.29, 0.717) is 18.8 Å². The van der Waals surface area contributed by atoms with Gasteiger partial charge >= 0.3 is 5.97 Å². The van der Waals surface area contributed by atoms with Crippen molar-refractivity contribution in [2.75, 3.05) is 18.6 Å². The van der Waals surface area contributed by atoms with Crippen LogP contribution in [0.5, 0.6) is 0 Å². The second-order valence-corrected chi connectivity index (χ2v) is 5.22. The van der Waals surface area contributed by atoms with Crippen LogP contribution in [-0.2, 0) is 14.3 Å². The van der Waals surface area contributed by atoms with E-state index in [1.165, 1.54) is 0 Å². The van der Waals surface area contributed by atoms with Crippen molar-refractivity contribution in [3.05, 3.63) is 0 Å². The number of carbonyl (C=O) groups is 2. The third-order valence-corrected chi connectivity index (χ3v) is 3.52. The fourth-order valence-electron chi connectivity index (χ4n) is 1.78. The molecule has 1 amide bonds. The molecule has 98 valence electrons. The molecule has 1 heterocycles. The zero-order valence-corrected chi connectivity index (χ0v) is 11.0. The van der Waals surface area contributed by atoms with Crippen LogP contribution in [0.15, 0.2) is 0 Å². The van der Waals surface area contributed by atoms with Crippen LogP contribution in [0.3, 0.4) is 0 Å². The highest BCUT2D eigenvalue weighted by molar-refractivity contribution is 7.98.